The lowest BCUT2D eigenvalue weighted by molar-refractivity contribution is -0.249. The highest BCUT2D eigenvalue weighted by Crippen LogP contribution is 2.47. The Bertz CT molecular complexity index is 985. The highest BCUT2D eigenvalue weighted by molar-refractivity contribution is 7.10. The molecule has 1 amide bonds. The number of amides is 1. The van der Waals surface area contributed by atoms with Crippen molar-refractivity contribution in [1.29, 1.82) is 0 Å². The van der Waals surface area contributed by atoms with Gasteiger partial charge in [0.05, 0.1) is 18.2 Å². The van der Waals surface area contributed by atoms with E-state index in [-0.39, 0.29) is 44.6 Å². The zero-order valence-corrected chi connectivity index (χ0v) is 16.7. The van der Waals surface area contributed by atoms with Gasteiger partial charge in [0, 0.05) is 17.5 Å². The molecule has 0 saturated carbocycles. The van der Waals surface area contributed by atoms with Crippen molar-refractivity contribution in [3.05, 3.63) is 39.4 Å². The molecule has 0 aromatic carbocycles. The van der Waals surface area contributed by atoms with Crippen LogP contribution in [0, 0.1) is 5.92 Å². The summed E-state index contributed by atoms with van der Waals surface area (Å²) in [4.78, 5) is 24.9. The van der Waals surface area contributed by atoms with Crippen LogP contribution in [0.4, 0.5) is 19.0 Å². The maximum atomic E-state index is 13.1. The number of pyridine rings is 1. The van der Waals surface area contributed by atoms with Crippen molar-refractivity contribution in [2.75, 3.05) is 18.5 Å². The number of hydrogen-bond donors (Lipinski definition) is 2. The topological polar surface area (TPSA) is 112 Å². The largest absolute Gasteiger partial charge is 0.465 e. The standard InChI is InChI=1S/C17H15ClF3N5O3S.CH4/c18-9-1-2-10(23-4-9)13(27)24-12-6-30-14(25-12)16-7-29-11(17(19,20)21)3-8(16)5-28-15(22)26-16;/h1-2,4,6,8,11H,3,5,7H2,(H2,22,26)(H,24,27);1H4/t8-,11+,16-;/m0./s1. The zero-order chi connectivity index (χ0) is 21.5. The van der Waals surface area contributed by atoms with E-state index >= 15 is 0 Å². The van der Waals surface area contributed by atoms with Gasteiger partial charge in [-0.25, -0.2) is 15.0 Å². The normalized spacial score (nSPS) is 25.5. The van der Waals surface area contributed by atoms with Crippen molar-refractivity contribution in [3.63, 3.8) is 0 Å². The van der Waals surface area contributed by atoms with Gasteiger partial charge in [-0.05, 0) is 18.6 Å². The minimum Gasteiger partial charge on any atom is -0.465 e. The van der Waals surface area contributed by atoms with Crippen LogP contribution in [0.25, 0.3) is 0 Å². The van der Waals surface area contributed by atoms with Gasteiger partial charge >= 0.3 is 6.18 Å². The van der Waals surface area contributed by atoms with Gasteiger partial charge in [-0.3, -0.25) is 4.79 Å². The van der Waals surface area contributed by atoms with E-state index in [2.05, 4.69) is 20.3 Å². The minimum atomic E-state index is -4.49. The Kier molecular flexibility index (Phi) is 6.44. The fraction of sp³-hybridized carbons (Fsp3) is 0.444. The summed E-state index contributed by atoms with van der Waals surface area (Å²) in [5, 5.41) is 4.92. The smallest absolute Gasteiger partial charge is 0.414 e. The number of alkyl halides is 3. The van der Waals surface area contributed by atoms with Crippen LogP contribution in [0.3, 0.4) is 0 Å². The average molecular weight is 478 g/mol. The summed E-state index contributed by atoms with van der Waals surface area (Å²) in [6.45, 7) is -0.396. The second-order valence-electron chi connectivity index (χ2n) is 6.81. The van der Waals surface area contributed by atoms with Crippen molar-refractivity contribution in [2.24, 2.45) is 16.6 Å². The molecule has 31 heavy (non-hydrogen) atoms. The van der Waals surface area contributed by atoms with Gasteiger partial charge in [-0.1, -0.05) is 19.0 Å². The van der Waals surface area contributed by atoms with E-state index in [1.165, 1.54) is 18.3 Å². The maximum Gasteiger partial charge on any atom is 0.414 e. The van der Waals surface area contributed by atoms with Crippen LogP contribution in [0.1, 0.15) is 29.3 Å². The molecule has 2 aromatic heterocycles. The number of nitrogens with two attached hydrogens (primary N) is 1. The van der Waals surface area contributed by atoms with Crippen LogP contribution >= 0.6 is 22.9 Å². The number of fused-ring (bicyclic) bond motifs is 1. The second kappa shape index (κ2) is 8.60. The molecule has 3 N–H and O–H groups in total. The summed E-state index contributed by atoms with van der Waals surface area (Å²) < 4.78 is 49.7. The number of nitrogens with one attached hydrogen (secondary N) is 1. The first-order valence-electron chi connectivity index (χ1n) is 8.73. The van der Waals surface area contributed by atoms with Crippen LogP contribution in [-0.2, 0) is 15.0 Å². The first kappa shape index (κ1) is 23.2. The molecule has 2 aliphatic rings. The number of rotatable bonds is 3. The van der Waals surface area contributed by atoms with E-state index in [4.69, 9.17) is 26.8 Å². The number of thiazole rings is 1. The molecular weight excluding hydrogens is 459 g/mol. The molecule has 3 atom stereocenters. The van der Waals surface area contributed by atoms with E-state index in [0.717, 1.165) is 11.3 Å². The SMILES string of the molecule is C.NC1=N[C@@]2(c3nc(NC(=O)c4ccc(Cl)cn4)cs3)CO[C@@H](C(F)(F)F)C[C@H]2CO1. The quantitative estimate of drug-likeness (QED) is 0.698. The Balaban J connectivity index is 0.00000272. The third kappa shape index (κ3) is 4.60. The lowest BCUT2D eigenvalue weighted by atomic mass is 9.79. The fourth-order valence-corrected chi connectivity index (χ4v) is 4.42. The Hall–Kier alpha value is -2.44. The van der Waals surface area contributed by atoms with Crippen molar-refractivity contribution in [1.82, 2.24) is 9.97 Å². The molecule has 13 heteroatoms. The van der Waals surface area contributed by atoms with E-state index in [1.807, 2.05) is 0 Å². The maximum absolute atomic E-state index is 13.1. The van der Waals surface area contributed by atoms with Crippen LogP contribution in [0.2, 0.25) is 5.02 Å². The number of ether oxygens (including phenoxy) is 2. The van der Waals surface area contributed by atoms with Crippen LogP contribution in [0.15, 0.2) is 28.7 Å². The third-order valence-corrected chi connectivity index (χ3v) is 6.09. The molecule has 0 unspecified atom stereocenters. The molecule has 0 radical (unpaired) electrons. The van der Waals surface area contributed by atoms with Crippen molar-refractivity contribution in [3.8, 4) is 0 Å². The molecule has 4 heterocycles. The summed E-state index contributed by atoms with van der Waals surface area (Å²) in [5.41, 5.74) is 4.62. The Morgan fingerprint density at radius 3 is 2.84 bits per heavy atom. The molecule has 168 valence electrons. The molecule has 8 nitrogen and oxygen atoms in total. The van der Waals surface area contributed by atoms with Crippen molar-refractivity contribution in [2.45, 2.75) is 31.7 Å². The Morgan fingerprint density at radius 1 is 1.39 bits per heavy atom. The number of carbonyl (C=O) groups excluding carboxylic acids is 1. The van der Waals surface area contributed by atoms with E-state index in [9.17, 15) is 18.0 Å². The second-order valence-corrected chi connectivity index (χ2v) is 8.11. The van der Waals surface area contributed by atoms with Gasteiger partial charge in [0.25, 0.3) is 11.9 Å². The number of nitrogens with zero attached hydrogens (tertiary/aromatic N) is 3. The molecule has 0 spiro atoms. The number of aliphatic imine (C=N–C) groups is 1. The number of aromatic nitrogens is 2. The first-order chi connectivity index (χ1) is 14.2. The summed E-state index contributed by atoms with van der Waals surface area (Å²) >= 11 is 6.90. The predicted octanol–water partition coefficient (Wildman–Crippen LogP) is 3.59. The van der Waals surface area contributed by atoms with Gasteiger partial charge in [-0.2, -0.15) is 13.2 Å². The monoisotopic (exact) mass is 477 g/mol. The molecule has 0 aliphatic carbocycles. The van der Waals surface area contributed by atoms with Gasteiger partial charge in [-0.15, -0.1) is 11.3 Å². The summed E-state index contributed by atoms with van der Waals surface area (Å²) in [6.07, 6.45) is -5.41. The highest BCUT2D eigenvalue weighted by Gasteiger charge is 2.56. The summed E-state index contributed by atoms with van der Waals surface area (Å²) in [5.74, 6) is -0.939. The Labute approximate surface area is 184 Å². The van der Waals surface area contributed by atoms with Gasteiger partial charge in [0.15, 0.2) is 6.10 Å². The predicted molar refractivity (Wildman–Crippen MR) is 109 cm³/mol. The zero-order valence-electron chi connectivity index (χ0n) is 15.1. The molecule has 1 saturated heterocycles. The number of hydrogen-bond acceptors (Lipinski definition) is 8. The highest BCUT2D eigenvalue weighted by atomic mass is 35.5. The Morgan fingerprint density at radius 2 is 2.16 bits per heavy atom. The van der Waals surface area contributed by atoms with E-state index in [1.54, 1.807) is 5.38 Å². The van der Waals surface area contributed by atoms with Crippen molar-refractivity contribution < 1.29 is 27.4 Å². The van der Waals surface area contributed by atoms with Crippen LogP contribution in [0.5, 0.6) is 0 Å². The van der Waals surface area contributed by atoms with Gasteiger partial charge < -0.3 is 20.5 Å². The molecule has 1 fully saturated rings. The summed E-state index contributed by atoms with van der Waals surface area (Å²) in [6, 6.07) is 2.83. The first-order valence-corrected chi connectivity index (χ1v) is 9.98. The minimum absolute atomic E-state index is 0. The van der Waals surface area contributed by atoms with Gasteiger partial charge in [0.2, 0.25) is 0 Å². The van der Waals surface area contributed by atoms with Crippen molar-refractivity contribution >= 4 is 40.7 Å². The third-order valence-electron chi connectivity index (χ3n) is 4.86. The molecule has 0 bridgehead atoms. The van der Waals surface area contributed by atoms with E-state index in [0.29, 0.717) is 10.0 Å². The van der Waals surface area contributed by atoms with E-state index < -0.39 is 29.6 Å². The van der Waals surface area contributed by atoms with Gasteiger partial charge in [0.1, 0.15) is 22.1 Å². The molecule has 2 aliphatic heterocycles. The number of halogens is 4. The summed E-state index contributed by atoms with van der Waals surface area (Å²) in [7, 11) is 0. The lowest BCUT2D eigenvalue weighted by Crippen LogP contribution is -2.54. The number of amidine groups is 1. The van der Waals surface area contributed by atoms with Crippen LogP contribution < -0.4 is 11.1 Å². The fourth-order valence-electron chi connectivity index (χ4n) is 3.34. The average Bonchev–Trinajstić information content (AvgIpc) is 3.16. The lowest BCUT2D eigenvalue weighted by Gasteiger charge is -2.44. The van der Waals surface area contributed by atoms with Crippen LogP contribution in [-0.4, -0.2) is 47.4 Å². The molecule has 2 aromatic rings. The number of carbonyl (C=O) groups is 1. The molecule has 4 rings (SSSR count). The molecular formula is C18H19ClF3N5O3S. The number of anilines is 1.